The van der Waals surface area contributed by atoms with Gasteiger partial charge < -0.3 is 14.6 Å². The third-order valence-corrected chi connectivity index (χ3v) is 5.89. The zero-order chi connectivity index (χ0) is 20.2. The van der Waals surface area contributed by atoms with E-state index in [4.69, 9.17) is 4.42 Å². The normalized spacial score (nSPS) is 13.6. The van der Waals surface area contributed by atoms with Crippen molar-refractivity contribution in [1.29, 1.82) is 0 Å². The quantitative estimate of drug-likeness (QED) is 0.672. The Morgan fingerprint density at radius 3 is 2.62 bits per heavy atom. The van der Waals surface area contributed by atoms with E-state index < -0.39 is 0 Å². The fourth-order valence-corrected chi connectivity index (χ4v) is 4.03. The Morgan fingerprint density at radius 1 is 1.17 bits per heavy atom. The maximum absolute atomic E-state index is 12.4. The number of oxazole rings is 1. The molecule has 0 unspecified atom stereocenters. The first-order valence-corrected chi connectivity index (χ1v) is 10.6. The molecule has 2 aromatic heterocycles. The molecule has 1 N–H and O–H groups in total. The van der Waals surface area contributed by atoms with E-state index in [1.54, 1.807) is 11.3 Å². The van der Waals surface area contributed by atoms with Crippen molar-refractivity contribution in [1.82, 2.24) is 15.2 Å². The van der Waals surface area contributed by atoms with Crippen molar-refractivity contribution in [2.24, 2.45) is 0 Å². The van der Waals surface area contributed by atoms with Gasteiger partial charge in [0, 0.05) is 25.2 Å². The fourth-order valence-electron chi connectivity index (χ4n) is 3.38. The molecule has 29 heavy (non-hydrogen) atoms. The third-order valence-electron chi connectivity index (χ3n) is 5.04. The number of hydrogen-bond donors (Lipinski definition) is 1. The highest BCUT2D eigenvalue weighted by Crippen LogP contribution is 2.26. The third kappa shape index (κ3) is 4.56. The van der Waals surface area contributed by atoms with Crippen LogP contribution in [0.4, 0.5) is 0 Å². The Kier molecular flexibility index (Phi) is 5.76. The Morgan fingerprint density at radius 2 is 1.93 bits per heavy atom. The van der Waals surface area contributed by atoms with E-state index in [9.17, 15) is 9.59 Å². The molecule has 0 radical (unpaired) electrons. The molecule has 7 heteroatoms. The fraction of sp³-hybridized carbons (Fsp3) is 0.318. The molecule has 1 fully saturated rings. The lowest BCUT2D eigenvalue weighted by Crippen LogP contribution is -2.27. The van der Waals surface area contributed by atoms with Crippen molar-refractivity contribution in [3.05, 3.63) is 64.4 Å². The minimum Gasteiger partial charge on any atom is -0.440 e. The monoisotopic (exact) mass is 409 g/mol. The second-order valence-corrected chi connectivity index (χ2v) is 8.10. The topological polar surface area (TPSA) is 75.4 Å². The van der Waals surface area contributed by atoms with E-state index in [1.807, 2.05) is 53.6 Å². The van der Waals surface area contributed by atoms with Gasteiger partial charge in [0.05, 0.1) is 17.0 Å². The first kappa shape index (κ1) is 19.4. The van der Waals surface area contributed by atoms with Crippen molar-refractivity contribution >= 4 is 23.2 Å². The van der Waals surface area contributed by atoms with Gasteiger partial charge >= 0.3 is 0 Å². The minimum atomic E-state index is -0.114. The molecule has 2 amide bonds. The van der Waals surface area contributed by atoms with Crippen molar-refractivity contribution in [3.63, 3.8) is 0 Å². The Hall–Kier alpha value is -2.93. The second kappa shape index (κ2) is 8.61. The van der Waals surface area contributed by atoms with E-state index >= 15 is 0 Å². The summed E-state index contributed by atoms with van der Waals surface area (Å²) in [6.45, 7) is 3.91. The standard InChI is InChI=1S/C22H23N3O3S/c1-15-18(24-21(28-15)19-5-4-12-29-19)13-20(26)23-14-16-6-8-17(9-7-16)22(27)25-10-2-3-11-25/h4-9,12H,2-3,10-11,13-14H2,1H3,(H,23,26). The highest BCUT2D eigenvalue weighted by molar-refractivity contribution is 7.13. The lowest BCUT2D eigenvalue weighted by atomic mass is 10.1. The number of rotatable bonds is 6. The molecular formula is C22H23N3O3S. The van der Waals surface area contributed by atoms with Crippen molar-refractivity contribution in [3.8, 4) is 10.8 Å². The number of nitrogens with zero attached hydrogens (tertiary/aromatic N) is 2. The zero-order valence-corrected chi connectivity index (χ0v) is 17.1. The number of amides is 2. The summed E-state index contributed by atoms with van der Waals surface area (Å²) in [5.74, 6) is 1.18. The van der Waals surface area contributed by atoms with Crippen LogP contribution in [-0.4, -0.2) is 34.8 Å². The summed E-state index contributed by atoms with van der Waals surface area (Å²) in [5.41, 5.74) is 2.30. The molecule has 4 rings (SSSR count). The van der Waals surface area contributed by atoms with E-state index in [-0.39, 0.29) is 18.2 Å². The molecule has 1 aliphatic heterocycles. The van der Waals surface area contributed by atoms with Gasteiger partial charge in [-0.25, -0.2) is 4.98 Å². The average molecular weight is 410 g/mol. The largest absolute Gasteiger partial charge is 0.440 e. The number of likely N-dealkylation sites (tertiary alicyclic amines) is 1. The van der Waals surface area contributed by atoms with Crippen LogP contribution in [0.2, 0.25) is 0 Å². The van der Waals surface area contributed by atoms with Crippen LogP contribution >= 0.6 is 11.3 Å². The molecule has 0 saturated carbocycles. The lowest BCUT2D eigenvalue weighted by Gasteiger charge is -2.15. The second-order valence-electron chi connectivity index (χ2n) is 7.15. The molecule has 6 nitrogen and oxygen atoms in total. The smallest absolute Gasteiger partial charge is 0.253 e. The van der Waals surface area contributed by atoms with Gasteiger partial charge in [0.1, 0.15) is 5.76 Å². The van der Waals surface area contributed by atoms with Crippen molar-refractivity contribution in [2.45, 2.75) is 32.7 Å². The number of hydrogen-bond acceptors (Lipinski definition) is 5. The SMILES string of the molecule is Cc1oc(-c2cccs2)nc1CC(=O)NCc1ccc(C(=O)N2CCCC2)cc1. The number of thiophene rings is 1. The van der Waals surface area contributed by atoms with Gasteiger partial charge in [-0.05, 0) is 48.9 Å². The number of nitrogens with one attached hydrogen (secondary N) is 1. The van der Waals surface area contributed by atoms with Crippen LogP contribution in [-0.2, 0) is 17.8 Å². The number of carbonyl (C=O) groups excluding carboxylic acids is 2. The zero-order valence-electron chi connectivity index (χ0n) is 16.3. The van der Waals surface area contributed by atoms with E-state index in [0.29, 0.717) is 29.5 Å². The predicted octanol–water partition coefficient (Wildman–Crippen LogP) is 3.81. The molecule has 3 heterocycles. The van der Waals surface area contributed by atoms with Crippen LogP contribution in [0.25, 0.3) is 10.8 Å². The summed E-state index contributed by atoms with van der Waals surface area (Å²) in [6, 6.07) is 11.3. The van der Waals surface area contributed by atoms with Crippen LogP contribution in [0.1, 0.15) is 40.2 Å². The molecular weight excluding hydrogens is 386 g/mol. The van der Waals surface area contributed by atoms with Gasteiger partial charge in [0.15, 0.2) is 0 Å². The molecule has 0 bridgehead atoms. The molecule has 1 aromatic carbocycles. The first-order chi connectivity index (χ1) is 14.1. The summed E-state index contributed by atoms with van der Waals surface area (Å²) in [5, 5.41) is 4.87. The van der Waals surface area contributed by atoms with Crippen molar-refractivity contribution < 1.29 is 14.0 Å². The number of carbonyl (C=O) groups is 2. The van der Waals surface area contributed by atoms with Gasteiger partial charge in [-0.15, -0.1) is 11.3 Å². The van der Waals surface area contributed by atoms with E-state index in [1.165, 1.54) is 0 Å². The molecule has 1 aliphatic rings. The highest BCUT2D eigenvalue weighted by Gasteiger charge is 2.19. The molecule has 150 valence electrons. The number of benzene rings is 1. The van der Waals surface area contributed by atoms with Gasteiger partial charge in [-0.3, -0.25) is 9.59 Å². The van der Waals surface area contributed by atoms with Crippen LogP contribution < -0.4 is 5.32 Å². The summed E-state index contributed by atoms with van der Waals surface area (Å²) in [4.78, 5) is 32.0. The van der Waals surface area contributed by atoms with Gasteiger partial charge in [0.25, 0.3) is 5.91 Å². The van der Waals surface area contributed by atoms with Gasteiger partial charge in [0.2, 0.25) is 11.8 Å². The molecule has 0 spiro atoms. The predicted molar refractivity (Wildman–Crippen MR) is 112 cm³/mol. The minimum absolute atomic E-state index is 0.0844. The van der Waals surface area contributed by atoms with Crippen LogP contribution in [0.5, 0.6) is 0 Å². The summed E-state index contributed by atoms with van der Waals surface area (Å²) >= 11 is 1.55. The van der Waals surface area contributed by atoms with Gasteiger partial charge in [-0.1, -0.05) is 18.2 Å². The molecule has 0 aliphatic carbocycles. The van der Waals surface area contributed by atoms with Crippen molar-refractivity contribution in [2.75, 3.05) is 13.1 Å². The Balaban J connectivity index is 1.31. The first-order valence-electron chi connectivity index (χ1n) is 9.75. The Bertz CT molecular complexity index is 987. The number of aryl methyl sites for hydroxylation is 1. The Labute approximate surface area is 173 Å². The van der Waals surface area contributed by atoms with E-state index in [2.05, 4.69) is 10.3 Å². The summed E-state index contributed by atoms with van der Waals surface area (Å²) in [7, 11) is 0. The van der Waals surface area contributed by atoms with Crippen LogP contribution in [0, 0.1) is 6.92 Å². The maximum Gasteiger partial charge on any atom is 0.253 e. The molecule has 0 atom stereocenters. The average Bonchev–Trinajstić information content (AvgIpc) is 3.49. The lowest BCUT2D eigenvalue weighted by molar-refractivity contribution is -0.120. The van der Waals surface area contributed by atoms with Crippen LogP contribution in [0.15, 0.2) is 46.2 Å². The maximum atomic E-state index is 12.4. The van der Waals surface area contributed by atoms with Crippen LogP contribution in [0.3, 0.4) is 0 Å². The molecule has 1 saturated heterocycles. The number of aromatic nitrogens is 1. The molecule has 3 aromatic rings. The highest BCUT2D eigenvalue weighted by atomic mass is 32.1. The van der Waals surface area contributed by atoms with E-state index in [0.717, 1.165) is 36.4 Å². The summed E-state index contributed by atoms with van der Waals surface area (Å²) in [6.07, 6.45) is 2.33. The summed E-state index contributed by atoms with van der Waals surface area (Å²) < 4.78 is 5.68. The van der Waals surface area contributed by atoms with Gasteiger partial charge in [-0.2, -0.15) is 0 Å².